The summed E-state index contributed by atoms with van der Waals surface area (Å²) in [6.07, 6.45) is 0. The molecule has 3 rings (SSSR count). The van der Waals surface area contributed by atoms with Crippen molar-refractivity contribution in [1.29, 1.82) is 0 Å². The van der Waals surface area contributed by atoms with E-state index in [0.29, 0.717) is 17.9 Å². The van der Waals surface area contributed by atoms with Crippen LogP contribution in [0.2, 0.25) is 5.02 Å². The topological polar surface area (TPSA) is 33.3 Å². The Bertz CT molecular complexity index is 810. The highest BCUT2D eigenvalue weighted by atomic mass is 35.5. The first-order valence-electron chi connectivity index (χ1n) is 7.91. The summed E-state index contributed by atoms with van der Waals surface area (Å²) in [5.74, 6) is 0.246. The standard InChI is InChI=1S/C20H18ClFN2O/c21-19-8-4-5-16(20(19)22)14-25-18-11-9-15(10-12-18)13-23-24-17-6-2-1-3-7-17/h1-12,23-24H,13-14H2. The van der Waals surface area contributed by atoms with E-state index < -0.39 is 5.82 Å². The molecule has 2 N–H and O–H groups in total. The number of halogens is 2. The van der Waals surface area contributed by atoms with Crippen molar-refractivity contribution in [2.45, 2.75) is 13.2 Å². The minimum absolute atomic E-state index is 0.105. The van der Waals surface area contributed by atoms with Gasteiger partial charge in [0.15, 0.2) is 0 Å². The Hall–Kier alpha value is -2.56. The van der Waals surface area contributed by atoms with Crippen molar-refractivity contribution in [3.63, 3.8) is 0 Å². The van der Waals surface area contributed by atoms with E-state index in [1.54, 1.807) is 12.1 Å². The molecule has 0 aliphatic carbocycles. The van der Waals surface area contributed by atoms with Crippen molar-refractivity contribution in [1.82, 2.24) is 5.43 Å². The third kappa shape index (κ3) is 4.95. The molecular formula is C20H18ClFN2O. The lowest BCUT2D eigenvalue weighted by Gasteiger charge is -2.10. The molecule has 0 spiro atoms. The summed E-state index contributed by atoms with van der Waals surface area (Å²) in [5, 5.41) is 0.105. The fourth-order valence-electron chi connectivity index (χ4n) is 2.29. The van der Waals surface area contributed by atoms with E-state index in [2.05, 4.69) is 10.9 Å². The molecule has 0 atom stereocenters. The highest BCUT2D eigenvalue weighted by Crippen LogP contribution is 2.20. The van der Waals surface area contributed by atoms with E-state index in [4.69, 9.17) is 16.3 Å². The first-order chi connectivity index (χ1) is 12.2. The maximum Gasteiger partial charge on any atom is 0.148 e. The van der Waals surface area contributed by atoms with E-state index in [1.807, 2.05) is 54.6 Å². The molecule has 0 radical (unpaired) electrons. The molecule has 0 bridgehead atoms. The van der Waals surface area contributed by atoms with Crippen LogP contribution < -0.4 is 15.6 Å². The Labute approximate surface area is 151 Å². The number of hydrazine groups is 1. The van der Waals surface area contributed by atoms with Gasteiger partial charge in [0, 0.05) is 17.8 Å². The van der Waals surface area contributed by atoms with Crippen LogP contribution in [0.3, 0.4) is 0 Å². The summed E-state index contributed by atoms with van der Waals surface area (Å²) in [5.41, 5.74) is 8.83. The molecule has 25 heavy (non-hydrogen) atoms. The smallest absolute Gasteiger partial charge is 0.148 e. The number of hydrogen-bond acceptors (Lipinski definition) is 3. The molecule has 0 aromatic heterocycles. The molecule has 0 aliphatic rings. The van der Waals surface area contributed by atoms with Crippen LogP contribution in [0.5, 0.6) is 5.75 Å². The number of hydrogen-bond donors (Lipinski definition) is 2. The highest BCUT2D eigenvalue weighted by Gasteiger charge is 2.06. The van der Waals surface area contributed by atoms with Gasteiger partial charge in [-0.2, -0.15) is 0 Å². The molecule has 3 aromatic rings. The van der Waals surface area contributed by atoms with Crippen molar-refractivity contribution in [3.05, 3.63) is 94.8 Å². The van der Waals surface area contributed by atoms with Crippen LogP contribution in [0.1, 0.15) is 11.1 Å². The van der Waals surface area contributed by atoms with Gasteiger partial charge in [0.05, 0.1) is 5.02 Å². The summed E-state index contributed by atoms with van der Waals surface area (Å²) in [4.78, 5) is 0. The normalized spacial score (nSPS) is 10.5. The van der Waals surface area contributed by atoms with Gasteiger partial charge in [-0.1, -0.05) is 54.1 Å². The number of rotatable bonds is 7. The van der Waals surface area contributed by atoms with Crippen LogP contribution in [-0.4, -0.2) is 0 Å². The van der Waals surface area contributed by atoms with E-state index in [9.17, 15) is 4.39 Å². The summed E-state index contributed by atoms with van der Waals surface area (Å²) < 4.78 is 19.4. The van der Waals surface area contributed by atoms with E-state index in [-0.39, 0.29) is 11.6 Å². The Morgan fingerprint density at radius 1 is 0.880 bits per heavy atom. The average molecular weight is 357 g/mol. The minimum atomic E-state index is -0.433. The quantitative estimate of drug-likeness (QED) is 0.572. The van der Waals surface area contributed by atoms with E-state index in [1.165, 1.54) is 6.07 Å². The van der Waals surface area contributed by atoms with Gasteiger partial charge in [0.25, 0.3) is 0 Å². The lowest BCUT2D eigenvalue weighted by Crippen LogP contribution is -2.20. The van der Waals surface area contributed by atoms with Crippen molar-refractivity contribution in [2.75, 3.05) is 5.43 Å². The Balaban J connectivity index is 1.49. The zero-order valence-corrected chi connectivity index (χ0v) is 14.3. The SMILES string of the molecule is Fc1c(Cl)cccc1COc1ccc(CNNc2ccccc2)cc1. The highest BCUT2D eigenvalue weighted by molar-refractivity contribution is 6.30. The second-order valence-corrected chi connectivity index (χ2v) is 5.90. The van der Waals surface area contributed by atoms with Crippen LogP contribution in [0.25, 0.3) is 0 Å². The molecule has 0 heterocycles. The summed E-state index contributed by atoms with van der Waals surface area (Å²) in [7, 11) is 0. The van der Waals surface area contributed by atoms with Crippen LogP contribution in [-0.2, 0) is 13.2 Å². The minimum Gasteiger partial charge on any atom is -0.489 e. The maximum atomic E-state index is 13.8. The van der Waals surface area contributed by atoms with Crippen LogP contribution in [0.15, 0.2) is 72.8 Å². The Kier molecular flexibility index (Phi) is 5.88. The monoisotopic (exact) mass is 356 g/mol. The first-order valence-corrected chi connectivity index (χ1v) is 8.29. The van der Waals surface area contributed by atoms with Crippen molar-refractivity contribution >= 4 is 17.3 Å². The van der Waals surface area contributed by atoms with E-state index >= 15 is 0 Å². The van der Waals surface area contributed by atoms with Gasteiger partial charge in [-0.25, -0.2) is 9.82 Å². The fourth-order valence-corrected chi connectivity index (χ4v) is 2.49. The predicted molar refractivity (Wildman–Crippen MR) is 99.1 cm³/mol. The van der Waals surface area contributed by atoms with E-state index in [0.717, 1.165) is 11.3 Å². The number of benzene rings is 3. The molecule has 0 aliphatic heterocycles. The average Bonchev–Trinajstić information content (AvgIpc) is 2.65. The second kappa shape index (κ2) is 8.51. The van der Waals surface area contributed by atoms with Gasteiger partial charge in [-0.3, -0.25) is 0 Å². The van der Waals surface area contributed by atoms with Crippen molar-refractivity contribution in [3.8, 4) is 5.75 Å². The van der Waals surface area contributed by atoms with Gasteiger partial charge in [0.2, 0.25) is 0 Å². The molecule has 0 saturated heterocycles. The molecule has 0 amide bonds. The van der Waals surface area contributed by atoms with Gasteiger partial charge in [-0.05, 0) is 35.9 Å². The zero-order valence-electron chi connectivity index (χ0n) is 13.5. The number of para-hydroxylation sites is 1. The zero-order chi connectivity index (χ0) is 17.5. The molecule has 3 aromatic carbocycles. The molecular weight excluding hydrogens is 339 g/mol. The fraction of sp³-hybridized carbons (Fsp3) is 0.100. The van der Waals surface area contributed by atoms with Crippen molar-refractivity contribution < 1.29 is 9.13 Å². The van der Waals surface area contributed by atoms with Crippen molar-refractivity contribution in [2.24, 2.45) is 0 Å². The molecule has 0 fully saturated rings. The predicted octanol–water partition coefficient (Wildman–Crippen LogP) is 5.17. The number of anilines is 1. The van der Waals surface area contributed by atoms with Crippen LogP contribution in [0, 0.1) is 5.82 Å². The third-order valence-corrected chi connectivity index (χ3v) is 3.94. The summed E-state index contributed by atoms with van der Waals surface area (Å²) in [6, 6.07) is 22.4. The third-order valence-electron chi connectivity index (χ3n) is 3.65. The Morgan fingerprint density at radius 3 is 2.40 bits per heavy atom. The largest absolute Gasteiger partial charge is 0.489 e. The van der Waals surface area contributed by atoms with Gasteiger partial charge in [-0.15, -0.1) is 0 Å². The lowest BCUT2D eigenvalue weighted by atomic mass is 10.2. The summed E-state index contributed by atoms with van der Waals surface area (Å²) in [6.45, 7) is 0.803. The van der Waals surface area contributed by atoms with Crippen LogP contribution in [0.4, 0.5) is 10.1 Å². The number of ether oxygens (including phenoxy) is 1. The molecule has 5 heteroatoms. The number of nitrogens with one attached hydrogen (secondary N) is 2. The second-order valence-electron chi connectivity index (χ2n) is 5.49. The lowest BCUT2D eigenvalue weighted by molar-refractivity contribution is 0.300. The molecule has 3 nitrogen and oxygen atoms in total. The Morgan fingerprint density at radius 2 is 1.64 bits per heavy atom. The molecule has 0 saturated carbocycles. The van der Waals surface area contributed by atoms with Gasteiger partial charge in [0.1, 0.15) is 18.2 Å². The first kappa shape index (κ1) is 17.3. The molecule has 128 valence electrons. The maximum absolute atomic E-state index is 13.8. The van der Waals surface area contributed by atoms with Crippen LogP contribution >= 0.6 is 11.6 Å². The van der Waals surface area contributed by atoms with Gasteiger partial charge >= 0.3 is 0 Å². The van der Waals surface area contributed by atoms with Gasteiger partial charge < -0.3 is 10.2 Å². The molecule has 0 unspecified atom stereocenters. The summed E-state index contributed by atoms with van der Waals surface area (Å²) >= 11 is 5.77.